The number of benzene rings is 3. The van der Waals surface area contributed by atoms with Crippen molar-refractivity contribution in [2.75, 3.05) is 5.32 Å². The van der Waals surface area contributed by atoms with Crippen molar-refractivity contribution in [2.24, 2.45) is 0 Å². The van der Waals surface area contributed by atoms with Gasteiger partial charge in [-0.05, 0) is 42.8 Å². The van der Waals surface area contributed by atoms with Gasteiger partial charge in [-0.2, -0.15) is 5.26 Å². The SMILES string of the molecule is CC(=O)NS(=O)(=O)c1ccc(NC(=O)C(C)Sc2nc(-c3ccccc3)cc(-c3ccccc3)c2C#N)cc1. The molecule has 2 N–H and O–H groups in total. The molecule has 0 fully saturated rings. The predicted molar refractivity (Wildman–Crippen MR) is 151 cm³/mol. The van der Waals surface area contributed by atoms with Crippen LogP contribution < -0.4 is 10.0 Å². The van der Waals surface area contributed by atoms with Crippen LogP contribution in [-0.2, 0) is 19.6 Å². The Labute approximate surface area is 231 Å². The summed E-state index contributed by atoms with van der Waals surface area (Å²) in [5.41, 5.74) is 3.90. The van der Waals surface area contributed by atoms with E-state index in [2.05, 4.69) is 11.4 Å². The van der Waals surface area contributed by atoms with Crippen LogP contribution in [0.3, 0.4) is 0 Å². The van der Waals surface area contributed by atoms with Crippen LogP contribution in [-0.4, -0.2) is 30.5 Å². The van der Waals surface area contributed by atoms with Gasteiger partial charge in [0.2, 0.25) is 11.8 Å². The zero-order valence-electron chi connectivity index (χ0n) is 21.1. The number of amides is 2. The highest BCUT2D eigenvalue weighted by atomic mass is 32.2. The number of anilines is 1. The third-order valence-electron chi connectivity index (χ3n) is 5.62. The van der Waals surface area contributed by atoms with Gasteiger partial charge in [-0.3, -0.25) is 9.59 Å². The highest BCUT2D eigenvalue weighted by Crippen LogP contribution is 2.35. The molecule has 0 saturated heterocycles. The second-order valence-electron chi connectivity index (χ2n) is 8.51. The summed E-state index contributed by atoms with van der Waals surface area (Å²) in [4.78, 5) is 28.8. The fraction of sp³-hybridized carbons (Fsp3) is 0.103. The Morgan fingerprint density at radius 3 is 2.08 bits per heavy atom. The van der Waals surface area contributed by atoms with Gasteiger partial charge in [0.15, 0.2) is 0 Å². The standard InChI is InChI=1S/C29H24N4O4S2/c1-19(28(35)31-23-13-15-24(16-14-23)39(36,37)33-20(2)34)38-29-26(18-30)25(21-9-5-3-6-10-21)17-27(32-29)22-11-7-4-8-12-22/h3-17,19H,1-2H3,(H,31,35)(H,33,34). The maximum Gasteiger partial charge on any atom is 0.264 e. The Hall–Kier alpha value is -4.46. The van der Waals surface area contributed by atoms with Gasteiger partial charge >= 0.3 is 0 Å². The average Bonchev–Trinajstić information content (AvgIpc) is 2.93. The molecule has 0 saturated carbocycles. The molecule has 0 aliphatic heterocycles. The minimum absolute atomic E-state index is 0.104. The molecular formula is C29H24N4O4S2. The molecule has 0 radical (unpaired) electrons. The molecule has 39 heavy (non-hydrogen) atoms. The molecule has 0 bridgehead atoms. The number of nitrogens with zero attached hydrogens (tertiary/aromatic N) is 2. The summed E-state index contributed by atoms with van der Waals surface area (Å²) in [6.07, 6.45) is 0. The summed E-state index contributed by atoms with van der Waals surface area (Å²) >= 11 is 1.17. The Kier molecular flexibility index (Phi) is 8.44. The van der Waals surface area contributed by atoms with E-state index in [4.69, 9.17) is 4.98 Å². The van der Waals surface area contributed by atoms with Gasteiger partial charge in [0.1, 0.15) is 11.1 Å². The van der Waals surface area contributed by atoms with Crippen LogP contribution in [0.1, 0.15) is 19.4 Å². The molecule has 196 valence electrons. The van der Waals surface area contributed by atoms with Gasteiger partial charge < -0.3 is 5.32 Å². The maximum atomic E-state index is 13.0. The topological polar surface area (TPSA) is 129 Å². The molecule has 0 spiro atoms. The maximum absolute atomic E-state index is 13.0. The summed E-state index contributed by atoms with van der Waals surface area (Å²) in [6.45, 7) is 2.81. The largest absolute Gasteiger partial charge is 0.325 e. The lowest BCUT2D eigenvalue weighted by Crippen LogP contribution is -2.28. The molecule has 1 aromatic heterocycles. The quantitative estimate of drug-likeness (QED) is 0.284. The van der Waals surface area contributed by atoms with Crippen molar-refractivity contribution in [3.8, 4) is 28.5 Å². The third kappa shape index (κ3) is 6.71. The van der Waals surface area contributed by atoms with Gasteiger partial charge in [-0.25, -0.2) is 18.1 Å². The minimum Gasteiger partial charge on any atom is -0.325 e. The van der Waals surface area contributed by atoms with Gasteiger partial charge in [0.05, 0.1) is 21.4 Å². The Balaban J connectivity index is 1.61. The lowest BCUT2D eigenvalue weighted by atomic mass is 9.99. The second kappa shape index (κ2) is 11.9. The van der Waals surface area contributed by atoms with Crippen LogP contribution >= 0.6 is 11.8 Å². The fourth-order valence-corrected chi connectivity index (χ4v) is 5.66. The number of nitrogens with one attached hydrogen (secondary N) is 2. The molecule has 2 amide bonds. The van der Waals surface area contributed by atoms with Crippen molar-refractivity contribution in [3.05, 3.63) is 96.6 Å². The first-order valence-electron chi connectivity index (χ1n) is 11.8. The molecule has 4 aromatic rings. The molecule has 10 heteroatoms. The van der Waals surface area contributed by atoms with Crippen LogP contribution in [0.15, 0.2) is 101 Å². The molecule has 8 nitrogen and oxygen atoms in total. The van der Waals surface area contributed by atoms with Crippen LogP contribution in [0.2, 0.25) is 0 Å². The molecule has 4 rings (SSSR count). The van der Waals surface area contributed by atoms with Crippen LogP contribution in [0, 0.1) is 11.3 Å². The first-order valence-corrected chi connectivity index (χ1v) is 14.2. The van der Waals surface area contributed by atoms with Crippen LogP contribution in [0.5, 0.6) is 0 Å². The fourth-order valence-electron chi connectivity index (χ4n) is 3.75. The average molecular weight is 557 g/mol. The number of hydrogen-bond acceptors (Lipinski definition) is 7. The number of aromatic nitrogens is 1. The number of carbonyl (C=O) groups excluding carboxylic acids is 2. The summed E-state index contributed by atoms with van der Waals surface area (Å²) in [7, 11) is -3.98. The van der Waals surface area contributed by atoms with Crippen molar-refractivity contribution >= 4 is 39.3 Å². The van der Waals surface area contributed by atoms with E-state index in [-0.39, 0.29) is 10.8 Å². The van der Waals surface area contributed by atoms with Crippen molar-refractivity contribution in [2.45, 2.75) is 29.0 Å². The molecule has 0 aliphatic rings. The summed E-state index contributed by atoms with van der Waals surface area (Å²) in [5, 5.41) is 12.6. The smallest absolute Gasteiger partial charge is 0.264 e. The molecule has 1 unspecified atom stereocenters. The molecule has 3 aromatic carbocycles. The van der Waals surface area contributed by atoms with Crippen LogP contribution in [0.4, 0.5) is 5.69 Å². The van der Waals surface area contributed by atoms with E-state index in [1.807, 2.05) is 71.5 Å². The molecule has 1 heterocycles. The van der Waals surface area contributed by atoms with E-state index >= 15 is 0 Å². The van der Waals surface area contributed by atoms with E-state index in [1.165, 1.54) is 36.0 Å². The normalized spacial score (nSPS) is 11.7. The van der Waals surface area contributed by atoms with Gasteiger partial charge in [0, 0.05) is 23.7 Å². The van der Waals surface area contributed by atoms with Crippen molar-refractivity contribution in [1.82, 2.24) is 9.71 Å². The van der Waals surface area contributed by atoms with Gasteiger partial charge in [0.25, 0.3) is 10.0 Å². The van der Waals surface area contributed by atoms with Crippen molar-refractivity contribution in [3.63, 3.8) is 0 Å². The monoisotopic (exact) mass is 556 g/mol. The lowest BCUT2D eigenvalue weighted by Gasteiger charge is -2.16. The molecule has 1 atom stereocenters. The zero-order chi connectivity index (χ0) is 28.0. The summed E-state index contributed by atoms with van der Waals surface area (Å²) in [6, 6.07) is 28.8. The number of thioether (sulfide) groups is 1. The predicted octanol–water partition coefficient (Wildman–Crippen LogP) is 5.23. The van der Waals surface area contributed by atoms with E-state index in [0.717, 1.165) is 23.6 Å². The van der Waals surface area contributed by atoms with E-state index < -0.39 is 21.2 Å². The number of hydrogen-bond donors (Lipinski definition) is 2. The minimum atomic E-state index is -3.98. The highest BCUT2D eigenvalue weighted by molar-refractivity contribution is 8.00. The molecule has 0 aliphatic carbocycles. The Bertz CT molecular complexity index is 1650. The summed E-state index contributed by atoms with van der Waals surface area (Å²) < 4.78 is 26.2. The van der Waals surface area contributed by atoms with Gasteiger partial charge in [-0.1, -0.05) is 72.4 Å². The number of carbonyl (C=O) groups is 2. The number of nitriles is 1. The van der Waals surface area contributed by atoms with E-state index in [1.54, 1.807) is 6.92 Å². The van der Waals surface area contributed by atoms with Gasteiger partial charge in [-0.15, -0.1) is 0 Å². The lowest BCUT2D eigenvalue weighted by molar-refractivity contribution is -0.117. The second-order valence-corrected chi connectivity index (χ2v) is 11.5. The number of rotatable bonds is 8. The number of sulfonamides is 1. The van der Waals surface area contributed by atoms with Crippen LogP contribution in [0.25, 0.3) is 22.4 Å². The zero-order valence-corrected chi connectivity index (χ0v) is 22.7. The summed E-state index contributed by atoms with van der Waals surface area (Å²) in [5.74, 6) is -1.05. The Morgan fingerprint density at radius 1 is 0.923 bits per heavy atom. The number of pyridine rings is 1. The first kappa shape index (κ1) is 27.6. The first-order chi connectivity index (χ1) is 18.7. The molecular weight excluding hydrogens is 532 g/mol. The highest BCUT2D eigenvalue weighted by Gasteiger charge is 2.22. The van der Waals surface area contributed by atoms with E-state index in [9.17, 15) is 23.3 Å². The van der Waals surface area contributed by atoms with E-state index in [0.29, 0.717) is 22.0 Å². The van der Waals surface area contributed by atoms with Crippen molar-refractivity contribution in [1.29, 1.82) is 5.26 Å². The third-order valence-corrected chi connectivity index (χ3v) is 8.16. The Morgan fingerprint density at radius 2 is 1.51 bits per heavy atom. The van der Waals surface area contributed by atoms with Crippen molar-refractivity contribution < 1.29 is 18.0 Å².